The number of hydrazone groups is 1. The SMILES string of the molecule is CCOc1ccc(NC(C)C(=O)N/N=C/c2ccc([N+](=O)[O-])s2)cc1. The topological polar surface area (TPSA) is 106 Å². The molecular formula is C16H18N4O4S. The summed E-state index contributed by atoms with van der Waals surface area (Å²) in [5, 5.41) is 17.5. The molecule has 1 amide bonds. The predicted molar refractivity (Wildman–Crippen MR) is 97.4 cm³/mol. The highest BCUT2D eigenvalue weighted by Crippen LogP contribution is 2.22. The highest BCUT2D eigenvalue weighted by atomic mass is 32.1. The Morgan fingerprint density at radius 2 is 2.08 bits per heavy atom. The average Bonchev–Trinajstić information content (AvgIpc) is 3.06. The van der Waals surface area contributed by atoms with Crippen LogP contribution >= 0.6 is 11.3 Å². The molecule has 0 saturated carbocycles. The summed E-state index contributed by atoms with van der Waals surface area (Å²) < 4.78 is 5.36. The number of nitro groups is 1. The number of benzene rings is 1. The van der Waals surface area contributed by atoms with E-state index >= 15 is 0 Å². The van der Waals surface area contributed by atoms with E-state index in [0.29, 0.717) is 11.5 Å². The van der Waals surface area contributed by atoms with Crippen LogP contribution < -0.4 is 15.5 Å². The first-order valence-corrected chi connectivity index (χ1v) is 8.37. The number of anilines is 1. The van der Waals surface area contributed by atoms with Crippen LogP contribution in [0.2, 0.25) is 0 Å². The lowest BCUT2D eigenvalue weighted by molar-refractivity contribution is -0.380. The molecule has 0 aliphatic carbocycles. The monoisotopic (exact) mass is 362 g/mol. The standard InChI is InChI=1S/C16H18N4O4S/c1-3-24-13-6-4-12(5-7-13)18-11(2)16(21)19-17-10-14-8-9-15(25-14)20(22)23/h4-11,18H,3H2,1-2H3,(H,19,21)/b17-10+. The summed E-state index contributed by atoms with van der Waals surface area (Å²) >= 11 is 0.982. The number of carbonyl (C=O) groups is 1. The number of hydrogen-bond acceptors (Lipinski definition) is 7. The summed E-state index contributed by atoms with van der Waals surface area (Å²) in [6.07, 6.45) is 1.37. The van der Waals surface area contributed by atoms with Crippen molar-refractivity contribution in [2.24, 2.45) is 5.10 Å². The summed E-state index contributed by atoms with van der Waals surface area (Å²) in [5.41, 5.74) is 3.18. The highest BCUT2D eigenvalue weighted by Gasteiger charge is 2.12. The van der Waals surface area contributed by atoms with Gasteiger partial charge in [0, 0.05) is 11.8 Å². The van der Waals surface area contributed by atoms with Crippen molar-refractivity contribution in [3.8, 4) is 5.75 Å². The van der Waals surface area contributed by atoms with Gasteiger partial charge in [0.2, 0.25) is 0 Å². The highest BCUT2D eigenvalue weighted by molar-refractivity contribution is 7.16. The maximum atomic E-state index is 12.0. The second-order valence-corrected chi connectivity index (χ2v) is 6.08. The third-order valence-corrected chi connectivity index (χ3v) is 4.07. The maximum absolute atomic E-state index is 12.0. The van der Waals surface area contributed by atoms with Gasteiger partial charge in [-0.2, -0.15) is 5.10 Å². The Morgan fingerprint density at radius 3 is 2.68 bits per heavy atom. The van der Waals surface area contributed by atoms with Gasteiger partial charge in [-0.05, 0) is 44.2 Å². The van der Waals surface area contributed by atoms with Crippen molar-refractivity contribution in [2.45, 2.75) is 19.9 Å². The van der Waals surface area contributed by atoms with Crippen LogP contribution in [-0.2, 0) is 4.79 Å². The Morgan fingerprint density at radius 1 is 1.36 bits per heavy atom. The minimum absolute atomic E-state index is 0.0262. The van der Waals surface area contributed by atoms with Crippen LogP contribution in [0.4, 0.5) is 10.7 Å². The summed E-state index contributed by atoms with van der Waals surface area (Å²) in [7, 11) is 0. The smallest absolute Gasteiger partial charge is 0.324 e. The first-order chi connectivity index (χ1) is 12.0. The molecule has 8 nitrogen and oxygen atoms in total. The van der Waals surface area contributed by atoms with Crippen molar-refractivity contribution < 1.29 is 14.5 Å². The van der Waals surface area contributed by atoms with E-state index in [4.69, 9.17) is 4.74 Å². The van der Waals surface area contributed by atoms with E-state index in [9.17, 15) is 14.9 Å². The van der Waals surface area contributed by atoms with Gasteiger partial charge in [0.05, 0.1) is 22.6 Å². The van der Waals surface area contributed by atoms with Crippen molar-refractivity contribution in [2.75, 3.05) is 11.9 Å². The number of rotatable bonds is 8. The zero-order valence-electron chi connectivity index (χ0n) is 13.8. The average molecular weight is 362 g/mol. The minimum Gasteiger partial charge on any atom is -0.494 e. The van der Waals surface area contributed by atoms with Gasteiger partial charge in [-0.3, -0.25) is 14.9 Å². The van der Waals surface area contributed by atoms with Crippen molar-refractivity contribution in [3.63, 3.8) is 0 Å². The molecule has 132 valence electrons. The lowest BCUT2D eigenvalue weighted by atomic mass is 10.2. The van der Waals surface area contributed by atoms with Gasteiger partial charge in [-0.15, -0.1) is 0 Å². The van der Waals surface area contributed by atoms with Crippen LogP contribution in [0.3, 0.4) is 0 Å². The van der Waals surface area contributed by atoms with Crippen molar-refractivity contribution in [3.05, 3.63) is 51.4 Å². The van der Waals surface area contributed by atoms with Crippen LogP contribution in [0.1, 0.15) is 18.7 Å². The number of amides is 1. The number of carbonyl (C=O) groups excluding carboxylic acids is 1. The fourth-order valence-electron chi connectivity index (χ4n) is 1.90. The minimum atomic E-state index is -0.507. The fraction of sp³-hybridized carbons (Fsp3) is 0.250. The molecule has 9 heteroatoms. The molecule has 0 radical (unpaired) electrons. The van der Waals surface area contributed by atoms with Crippen molar-refractivity contribution in [1.29, 1.82) is 0 Å². The molecule has 0 aliphatic heterocycles. The number of hydrogen-bond donors (Lipinski definition) is 2. The van der Waals surface area contributed by atoms with Gasteiger partial charge in [0.1, 0.15) is 11.8 Å². The Labute approximate surface area is 148 Å². The van der Waals surface area contributed by atoms with Crippen LogP contribution in [0, 0.1) is 10.1 Å². The van der Waals surface area contributed by atoms with E-state index in [1.807, 2.05) is 31.2 Å². The Bertz CT molecular complexity index is 758. The molecule has 1 atom stereocenters. The molecule has 2 aromatic rings. The van der Waals surface area contributed by atoms with E-state index in [-0.39, 0.29) is 10.9 Å². The molecular weight excluding hydrogens is 344 g/mol. The normalized spacial score (nSPS) is 11.9. The first-order valence-electron chi connectivity index (χ1n) is 7.56. The number of thiophene rings is 1. The molecule has 0 spiro atoms. The first kappa shape index (κ1) is 18.4. The van der Waals surface area contributed by atoms with E-state index in [0.717, 1.165) is 22.8 Å². The van der Waals surface area contributed by atoms with Crippen LogP contribution in [0.15, 0.2) is 41.5 Å². The predicted octanol–water partition coefficient (Wildman–Crippen LogP) is 3.01. The molecule has 0 fully saturated rings. The molecule has 0 aliphatic rings. The lowest BCUT2D eigenvalue weighted by Gasteiger charge is -2.13. The van der Waals surface area contributed by atoms with E-state index < -0.39 is 11.0 Å². The molecule has 1 unspecified atom stereocenters. The summed E-state index contributed by atoms with van der Waals surface area (Å²) in [4.78, 5) is 22.7. The number of nitrogens with zero attached hydrogens (tertiary/aromatic N) is 2. The van der Waals surface area contributed by atoms with Gasteiger partial charge in [-0.25, -0.2) is 5.43 Å². The van der Waals surface area contributed by atoms with Crippen LogP contribution in [-0.4, -0.2) is 29.7 Å². The van der Waals surface area contributed by atoms with Gasteiger partial charge in [-0.1, -0.05) is 11.3 Å². The maximum Gasteiger partial charge on any atom is 0.324 e. The van der Waals surface area contributed by atoms with Crippen molar-refractivity contribution >= 4 is 34.1 Å². The van der Waals surface area contributed by atoms with E-state index in [1.165, 1.54) is 12.3 Å². The van der Waals surface area contributed by atoms with Crippen molar-refractivity contribution in [1.82, 2.24) is 5.43 Å². The van der Waals surface area contributed by atoms with E-state index in [2.05, 4.69) is 15.8 Å². The summed E-state index contributed by atoms with van der Waals surface area (Å²) in [5.74, 6) is 0.441. The van der Waals surface area contributed by atoms with Gasteiger partial charge >= 0.3 is 5.00 Å². The largest absolute Gasteiger partial charge is 0.494 e. The molecule has 0 saturated heterocycles. The molecule has 25 heavy (non-hydrogen) atoms. The molecule has 2 rings (SSSR count). The summed E-state index contributed by atoms with van der Waals surface area (Å²) in [6, 6.07) is 9.74. The van der Waals surface area contributed by atoms with Crippen LogP contribution in [0.5, 0.6) is 5.75 Å². The third kappa shape index (κ3) is 5.57. The zero-order chi connectivity index (χ0) is 18.2. The number of ether oxygens (including phenoxy) is 1. The molecule has 2 N–H and O–H groups in total. The van der Waals surface area contributed by atoms with Gasteiger partial charge in [0.25, 0.3) is 5.91 Å². The zero-order valence-corrected chi connectivity index (χ0v) is 14.6. The Hall–Kier alpha value is -2.94. The fourth-order valence-corrected chi connectivity index (χ4v) is 2.59. The molecule has 1 heterocycles. The Balaban J connectivity index is 1.84. The summed E-state index contributed by atoms with van der Waals surface area (Å²) in [6.45, 7) is 4.21. The molecule has 1 aromatic carbocycles. The Kier molecular flexibility index (Phi) is 6.47. The third-order valence-electron chi connectivity index (χ3n) is 3.10. The van der Waals surface area contributed by atoms with Gasteiger partial charge in [0.15, 0.2) is 0 Å². The lowest BCUT2D eigenvalue weighted by Crippen LogP contribution is -2.34. The second kappa shape index (κ2) is 8.78. The quantitative estimate of drug-likeness (QED) is 0.426. The van der Waals surface area contributed by atoms with Gasteiger partial charge < -0.3 is 10.1 Å². The molecule has 0 bridgehead atoms. The van der Waals surface area contributed by atoms with Crippen LogP contribution in [0.25, 0.3) is 0 Å². The molecule has 1 aromatic heterocycles. The second-order valence-electron chi connectivity index (χ2n) is 4.99. The number of nitrogens with one attached hydrogen (secondary N) is 2. The van der Waals surface area contributed by atoms with E-state index in [1.54, 1.807) is 13.0 Å².